The molecule has 1 aliphatic carbocycles. The summed E-state index contributed by atoms with van der Waals surface area (Å²) in [6.07, 6.45) is 4.51. The molecule has 0 amide bonds. The minimum atomic E-state index is 0.486. The first kappa shape index (κ1) is 8.85. The second-order valence-electron chi connectivity index (χ2n) is 4.17. The van der Waals surface area contributed by atoms with Crippen molar-refractivity contribution in [3.8, 4) is 0 Å². The van der Waals surface area contributed by atoms with E-state index in [1.165, 1.54) is 18.5 Å². The Bertz CT molecular complexity index is 511. The lowest BCUT2D eigenvalue weighted by molar-refractivity contribution is 0.912. The van der Waals surface area contributed by atoms with Gasteiger partial charge in [0, 0.05) is 30.4 Å². The van der Waals surface area contributed by atoms with Gasteiger partial charge in [0.1, 0.15) is 11.5 Å². The maximum atomic E-state index is 5.58. The van der Waals surface area contributed by atoms with Crippen LogP contribution in [0.2, 0.25) is 0 Å². The molecule has 4 nitrogen and oxygen atoms in total. The predicted molar refractivity (Wildman–Crippen MR) is 57.6 cm³/mol. The van der Waals surface area contributed by atoms with Crippen LogP contribution in [0.4, 0.5) is 0 Å². The van der Waals surface area contributed by atoms with Crippen LogP contribution < -0.4 is 5.73 Å². The van der Waals surface area contributed by atoms with E-state index in [2.05, 4.69) is 16.0 Å². The fraction of sp³-hybridized carbons (Fsp3) is 0.455. The number of rotatable bonds is 2. The summed E-state index contributed by atoms with van der Waals surface area (Å²) in [6, 6.07) is 2.09. The van der Waals surface area contributed by atoms with Crippen LogP contribution in [0.25, 0.3) is 5.65 Å². The van der Waals surface area contributed by atoms with Crippen LogP contribution in [-0.4, -0.2) is 14.4 Å². The van der Waals surface area contributed by atoms with Gasteiger partial charge in [-0.05, 0) is 19.8 Å². The molecular weight excluding hydrogens is 188 g/mol. The third kappa shape index (κ3) is 1.41. The van der Waals surface area contributed by atoms with Crippen molar-refractivity contribution in [1.82, 2.24) is 14.4 Å². The summed E-state index contributed by atoms with van der Waals surface area (Å²) in [6.45, 7) is 2.50. The Hall–Kier alpha value is -1.42. The summed E-state index contributed by atoms with van der Waals surface area (Å²) in [5, 5.41) is 0. The average molecular weight is 202 g/mol. The zero-order valence-corrected chi connectivity index (χ0v) is 8.77. The van der Waals surface area contributed by atoms with Gasteiger partial charge in [-0.25, -0.2) is 9.97 Å². The first-order valence-corrected chi connectivity index (χ1v) is 5.33. The SMILES string of the molecule is Cc1nc(C2CC2)cc2nc(CN)cn12. The molecule has 0 bridgehead atoms. The lowest BCUT2D eigenvalue weighted by Gasteiger charge is -2.02. The molecule has 15 heavy (non-hydrogen) atoms. The number of aryl methyl sites for hydroxylation is 1. The largest absolute Gasteiger partial charge is 0.325 e. The summed E-state index contributed by atoms with van der Waals surface area (Å²) in [5.41, 5.74) is 8.67. The molecule has 0 atom stereocenters. The quantitative estimate of drug-likeness (QED) is 0.800. The molecule has 2 aromatic rings. The number of fused-ring (bicyclic) bond motifs is 1. The topological polar surface area (TPSA) is 56.2 Å². The molecule has 0 unspecified atom stereocenters. The van der Waals surface area contributed by atoms with E-state index in [-0.39, 0.29) is 0 Å². The molecule has 3 rings (SSSR count). The Labute approximate surface area is 88.1 Å². The number of nitrogens with zero attached hydrogens (tertiary/aromatic N) is 3. The zero-order valence-electron chi connectivity index (χ0n) is 8.77. The van der Waals surface area contributed by atoms with E-state index >= 15 is 0 Å². The molecule has 4 heteroatoms. The number of hydrogen-bond donors (Lipinski definition) is 1. The van der Waals surface area contributed by atoms with Crippen LogP contribution in [0.3, 0.4) is 0 Å². The van der Waals surface area contributed by atoms with Crippen LogP contribution in [0.1, 0.15) is 36.0 Å². The molecule has 1 fully saturated rings. The van der Waals surface area contributed by atoms with Crippen LogP contribution in [0, 0.1) is 6.92 Å². The minimum Gasteiger partial charge on any atom is -0.325 e. The summed E-state index contributed by atoms with van der Waals surface area (Å²) >= 11 is 0. The number of aromatic nitrogens is 3. The second kappa shape index (κ2) is 3.03. The highest BCUT2D eigenvalue weighted by molar-refractivity contribution is 5.43. The predicted octanol–water partition coefficient (Wildman–Crippen LogP) is 1.37. The van der Waals surface area contributed by atoms with Gasteiger partial charge >= 0.3 is 0 Å². The van der Waals surface area contributed by atoms with E-state index in [0.29, 0.717) is 12.5 Å². The molecule has 78 valence electrons. The Balaban J connectivity index is 2.20. The molecule has 2 N–H and O–H groups in total. The average Bonchev–Trinajstić information content (AvgIpc) is 2.98. The van der Waals surface area contributed by atoms with Crippen molar-refractivity contribution in [1.29, 1.82) is 0 Å². The molecule has 0 radical (unpaired) electrons. The van der Waals surface area contributed by atoms with Crippen LogP contribution in [0.15, 0.2) is 12.3 Å². The standard InChI is InChI=1S/C11H14N4/c1-7-13-10(8-2-3-8)4-11-14-9(5-12)6-15(7)11/h4,6,8H,2-3,5,12H2,1H3. The molecule has 0 spiro atoms. The van der Waals surface area contributed by atoms with Gasteiger partial charge in [0.25, 0.3) is 0 Å². The summed E-state index contributed by atoms with van der Waals surface area (Å²) < 4.78 is 2.01. The normalized spacial score (nSPS) is 16.1. The summed E-state index contributed by atoms with van der Waals surface area (Å²) in [5.74, 6) is 1.67. The van der Waals surface area contributed by atoms with Gasteiger partial charge in [0.05, 0.1) is 5.69 Å². The molecular formula is C11H14N4. The van der Waals surface area contributed by atoms with Gasteiger partial charge in [-0.15, -0.1) is 0 Å². The number of hydrogen-bond acceptors (Lipinski definition) is 3. The highest BCUT2D eigenvalue weighted by Gasteiger charge is 2.25. The van der Waals surface area contributed by atoms with E-state index in [1.807, 2.05) is 17.5 Å². The van der Waals surface area contributed by atoms with Gasteiger partial charge in [0.2, 0.25) is 0 Å². The van der Waals surface area contributed by atoms with Crippen molar-refractivity contribution in [2.75, 3.05) is 0 Å². The van der Waals surface area contributed by atoms with Crippen LogP contribution in [0.5, 0.6) is 0 Å². The third-order valence-electron chi connectivity index (χ3n) is 2.90. The van der Waals surface area contributed by atoms with Gasteiger partial charge in [-0.1, -0.05) is 0 Å². The van der Waals surface area contributed by atoms with E-state index in [1.54, 1.807) is 0 Å². The van der Waals surface area contributed by atoms with E-state index in [0.717, 1.165) is 17.2 Å². The van der Waals surface area contributed by atoms with Crippen molar-refractivity contribution >= 4 is 5.65 Å². The Morgan fingerprint density at radius 3 is 2.93 bits per heavy atom. The number of imidazole rings is 1. The minimum absolute atomic E-state index is 0.486. The Kier molecular flexibility index (Phi) is 1.79. The van der Waals surface area contributed by atoms with E-state index in [9.17, 15) is 0 Å². The van der Waals surface area contributed by atoms with Crippen LogP contribution >= 0.6 is 0 Å². The number of nitrogens with two attached hydrogens (primary N) is 1. The lowest BCUT2D eigenvalue weighted by atomic mass is 10.3. The maximum absolute atomic E-state index is 5.58. The molecule has 1 aliphatic rings. The Morgan fingerprint density at radius 2 is 2.27 bits per heavy atom. The molecule has 2 aromatic heterocycles. The van der Waals surface area contributed by atoms with Crippen molar-refractivity contribution < 1.29 is 0 Å². The third-order valence-corrected chi connectivity index (χ3v) is 2.90. The summed E-state index contributed by atoms with van der Waals surface area (Å²) in [4.78, 5) is 9.05. The molecule has 1 saturated carbocycles. The molecule has 0 aliphatic heterocycles. The first-order valence-electron chi connectivity index (χ1n) is 5.33. The fourth-order valence-electron chi connectivity index (χ4n) is 1.90. The van der Waals surface area contributed by atoms with Gasteiger partial charge < -0.3 is 5.73 Å². The van der Waals surface area contributed by atoms with Crippen molar-refractivity contribution in [2.24, 2.45) is 5.73 Å². The highest BCUT2D eigenvalue weighted by Crippen LogP contribution is 2.39. The molecule has 0 saturated heterocycles. The van der Waals surface area contributed by atoms with E-state index < -0.39 is 0 Å². The monoisotopic (exact) mass is 202 g/mol. The molecule has 2 heterocycles. The first-order chi connectivity index (χ1) is 7.28. The zero-order chi connectivity index (χ0) is 10.4. The van der Waals surface area contributed by atoms with Crippen molar-refractivity contribution in [3.63, 3.8) is 0 Å². The summed E-state index contributed by atoms with van der Waals surface area (Å²) in [7, 11) is 0. The smallest absolute Gasteiger partial charge is 0.140 e. The maximum Gasteiger partial charge on any atom is 0.140 e. The van der Waals surface area contributed by atoms with Crippen molar-refractivity contribution in [3.05, 3.63) is 29.5 Å². The van der Waals surface area contributed by atoms with Crippen LogP contribution in [-0.2, 0) is 6.54 Å². The molecule has 0 aromatic carbocycles. The van der Waals surface area contributed by atoms with Gasteiger partial charge in [-0.2, -0.15) is 0 Å². The van der Waals surface area contributed by atoms with Crippen molar-refractivity contribution in [2.45, 2.75) is 32.2 Å². The fourth-order valence-corrected chi connectivity index (χ4v) is 1.90. The van der Waals surface area contributed by atoms with E-state index in [4.69, 9.17) is 5.73 Å². The lowest BCUT2D eigenvalue weighted by Crippen LogP contribution is -1.98. The van der Waals surface area contributed by atoms with Gasteiger partial charge in [0.15, 0.2) is 0 Å². The second-order valence-corrected chi connectivity index (χ2v) is 4.17. The Morgan fingerprint density at radius 1 is 1.47 bits per heavy atom. The van der Waals surface area contributed by atoms with Gasteiger partial charge in [-0.3, -0.25) is 4.40 Å². The highest BCUT2D eigenvalue weighted by atomic mass is 15.1.